The Morgan fingerprint density at radius 1 is 1.70 bits per heavy atom. The van der Waals surface area contributed by atoms with Crippen molar-refractivity contribution in [1.29, 1.82) is 0 Å². The molecule has 0 aromatic heterocycles. The molecule has 0 aliphatic carbocycles. The van der Waals surface area contributed by atoms with Gasteiger partial charge < -0.3 is 0 Å². The van der Waals surface area contributed by atoms with Crippen molar-refractivity contribution in [3.05, 3.63) is 11.0 Å². The molecule has 0 N–H and O–H groups in total. The van der Waals surface area contributed by atoms with E-state index in [4.69, 9.17) is 0 Å². The van der Waals surface area contributed by atoms with Gasteiger partial charge in [-0.15, -0.1) is 11.8 Å². The molecule has 0 saturated carbocycles. The average Bonchev–Trinajstić information content (AvgIpc) is 2.30. The normalized spacial score (nSPS) is 22.0. The summed E-state index contributed by atoms with van der Waals surface area (Å²) in [5.41, 5.74) is 0. The van der Waals surface area contributed by atoms with Crippen LogP contribution in [0, 0.1) is 0 Å². The van der Waals surface area contributed by atoms with Crippen molar-refractivity contribution < 1.29 is 4.79 Å². The molecule has 4 heteroatoms. The predicted molar refractivity (Wildman–Crippen MR) is 47.3 cm³/mol. The maximum atomic E-state index is 10.9. The number of carbonyl (C=O) groups is 1. The van der Waals surface area contributed by atoms with Crippen LogP contribution in [-0.2, 0) is 4.79 Å². The molecule has 54 valence electrons. The first-order chi connectivity index (χ1) is 4.77. The number of hydrogen-bond acceptors (Lipinski definition) is 3. The number of hydrogen-bond donors (Lipinski definition) is 0. The summed E-state index contributed by atoms with van der Waals surface area (Å²) in [4.78, 5) is 15.4. The lowest BCUT2D eigenvalue weighted by Gasteiger charge is -1.88. The lowest BCUT2D eigenvalue weighted by Crippen LogP contribution is -1.85. The molecule has 0 aromatic rings. The zero-order valence-electron chi connectivity index (χ0n) is 5.75. The van der Waals surface area contributed by atoms with Gasteiger partial charge in [-0.05, 0) is 13.2 Å². The van der Waals surface area contributed by atoms with Gasteiger partial charge in [0.15, 0.2) is 0 Å². The van der Waals surface area contributed by atoms with Crippen LogP contribution in [0.3, 0.4) is 0 Å². The van der Waals surface area contributed by atoms with E-state index in [0.717, 1.165) is 9.28 Å². The highest BCUT2D eigenvalue weighted by molar-refractivity contribution is 8.40. The summed E-state index contributed by atoms with van der Waals surface area (Å²) >= 11 is 2.95. The number of amides is 1. The number of aliphatic imine (C=N–C) groups is 1. The molecule has 0 unspecified atom stereocenters. The van der Waals surface area contributed by atoms with E-state index < -0.39 is 0 Å². The van der Waals surface area contributed by atoms with E-state index >= 15 is 0 Å². The fourth-order valence-electron chi connectivity index (χ4n) is 0.568. The maximum Gasteiger partial charge on any atom is 0.285 e. The first-order valence-electron chi connectivity index (χ1n) is 2.79. The van der Waals surface area contributed by atoms with Gasteiger partial charge in [-0.1, -0.05) is 17.8 Å². The SMILES string of the molecule is C/C=C1\SC(SC)=NC1=O. The summed E-state index contributed by atoms with van der Waals surface area (Å²) in [5, 5.41) is 0. The summed E-state index contributed by atoms with van der Waals surface area (Å²) in [6, 6.07) is 0. The van der Waals surface area contributed by atoms with E-state index in [1.54, 1.807) is 6.08 Å². The van der Waals surface area contributed by atoms with E-state index in [9.17, 15) is 4.79 Å². The second-order valence-electron chi connectivity index (χ2n) is 1.64. The average molecular weight is 173 g/mol. The molecule has 1 rings (SSSR count). The Bertz CT molecular complexity index is 220. The molecule has 0 aromatic carbocycles. The van der Waals surface area contributed by atoms with Crippen molar-refractivity contribution in [1.82, 2.24) is 0 Å². The molecule has 0 saturated heterocycles. The summed E-state index contributed by atoms with van der Waals surface area (Å²) in [6.45, 7) is 1.85. The zero-order chi connectivity index (χ0) is 7.56. The molecular formula is C6H7NOS2. The van der Waals surface area contributed by atoms with Gasteiger partial charge in [-0.25, -0.2) is 0 Å². The van der Waals surface area contributed by atoms with Crippen LogP contribution in [-0.4, -0.2) is 16.5 Å². The Morgan fingerprint density at radius 3 is 2.70 bits per heavy atom. The van der Waals surface area contributed by atoms with E-state index in [1.807, 2.05) is 13.2 Å². The molecule has 1 aliphatic rings. The van der Waals surface area contributed by atoms with Gasteiger partial charge in [0.1, 0.15) is 4.38 Å². The van der Waals surface area contributed by atoms with Gasteiger partial charge in [-0.3, -0.25) is 4.79 Å². The molecule has 1 aliphatic heterocycles. The van der Waals surface area contributed by atoms with Gasteiger partial charge in [-0.2, -0.15) is 4.99 Å². The van der Waals surface area contributed by atoms with Crippen LogP contribution >= 0.6 is 23.5 Å². The quantitative estimate of drug-likeness (QED) is 0.524. The third kappa shape index (κ3) is 1.44. The minimum atomic E-state index is -0.100. The van der Waals surface area contributed by atoms with Crippen LogP contribution in [0.5, 0.6) is 0 Å². The van der Waals surface area contributed by atoms with Crippen molar-refractivity contribution in [2.24, 2.45) is 4.99 Å². The number of allylic oxidation sites excluding steroid dienone is 1. The first kappa shape index (κ1) is 7.88. The Hall–Kier alpha value is -0.220. The topological polar surface area (TPSA) is 29.4 Å². The maximum absolute atomic E-state index is 10.9. The largest absolute Gasteiger partial charge is 0.285 e. The molecule has 0 fully saturated rings. The minimum absolute atomic E-state index is 0.100. The zero-order valence-corrected chi connectivity index (χ0v) is 7.38. The van der Waals surface area contributed by atoms with Gasteiger partial charge in [0, 0.05) is 0 Å². The Morgan fingerprint density at radius 2 is 2.40 bits per heavy atom. The molecule has 1 heterocycles. The summed E-state index contributed by atoms with van der Waals surface area (Å²) < 4.78 is 0.845. The van der Waals surface area contributed by atoms with Crippen molar-refractivity contribution in [3.8, 4) is 0 Å². The molecule has 2 nitrogen and oxygen atoms in total. The third-order valence-electron chi connectivity index (χ3n) is 1.04. The predicted octanol–water partition coefficient (Wildman–Crippen LogP) is 1.88. The van der Waals surface area contributed by atoms with E-state index in [-0.39, 0.29) is 5.91 Å². The van der Waals surface area contributed by atoms with Crippen LogP contribution in [0.2, 0.25) is 0 Å². The Kier molecular flexibility index (Phi) is 2.56. The number of carbonyl (C=O) groups excluding carboxylic acids is 1. The Balaban J connectivity index is 2.76. The van der Waals surface area contributed by atoms with E-state index in [1.165, 1.54) is 23.5 Å². The summed E-state index contributed by atoms with van der Waals surface area (Å²) in [7, 11) is 0. The van der Waals surface area contributed by atoms with Crippen LogP contribution in [0.15, 0.2) is 16.0 Å². The second-order valence-corrected chi connectivity index (χ2v) is 3.73. The second kappa shape index (κ2) is 3.25. The number of nitrogens with zero attached hydrogens (tertiary/aromatic N) is 1. The highest BCUT2D eigenvalue weighted by atomic mass is 32.2. The molecule has 0 radical (unpaired) electrons. The lowest BCUT2D eigenvalue weighted by atomic mass is 10.5. The molecule has 1 amide bonds. The summed E-state index contributed by atoms with van der Waals surface area (Å²) in [5.74, 6) is -0.100. The van der Waals surface area contributed by atoms with Crippen molar-refractivity contribution >= 4 is 33.8 Å². The molecule has 0 bridgehead atoms. The van der Waals surface area contributed by atoms with Crippen molar-refractivity contribution in [3.63, 3.8) is 0 Å². The van der Waals surface area contributed by atoms with Crippen molar-refractivity contribution in [2.45, 2.75) is 6.92 Å². The van der Waals surface area contributed by atoms with Crippen LogP contribution in [0.4, 0.5) is 0 Å². The van der Waals surface area contributed by atoms with Crippen LogP contribution < -0.4 is 0 Å². The van der Waals surface area contributed by atoms with Gasteiger partial charge in [0.25, 0.3) is 5.91 Å². The summed E-state index contributed by atoms with van der Waals surface area (Å²) in [6.07, 6.45) is 3.71. The standard InChI is InChI=1S/C6H7NOS2/c1-3-4-5(8)7-6(9-2)10-4/h3H,1-2H3/b4-3-. The van der Waals surface area contributed by atoms with E-state index in [0.29, 0.717) is 0 Å². The monoisotopic (exact) mass is 173 g/mol. The highest BCUT2D eigenvalue weighted by Gasteiger charge is 2.19. The smallest absolute Gasteiger partial charge is 0.266 e. The van der Waals surface area contributed by atoms with Gasteiger partial charge in [0.2, 0.25) is 0 Å². The number of rotatable bonds is 0. The van der Waals surface area contributed by atoms with E-state index in [2.05, 4.69) is 4.99 Å². The number of thioether (sulfide) groups is 2. The highest BCUT2D eigenvalue weighted by Crippen LogP contribution is 2.30. The first-order valence-corrected chi connectivity index (χ1v) is 4.83. The van der Waals surface area contributed by atoms with Gasteiger partial charge in [0.05, 0.1) is 4.91 Å². The van der Waals surface area contributed by atoms with Crippen LogP contribution in [0.25, 0.3) is 0 Å². The van der Waals surface area contributed by atoms with Crippen LogP contribution in [0.1, 0.15) is 6.92 Å². The molecular weight excluding hydrogens is 166 g/mol. The van der Waals surface area contributed by atoms with Crippen molar-refractivity contribution in [2.75, 3.05) is 6.26 Å². The fourth-order valence-corrected chi connectivity index (χ4v) is 1.91. The minimum Gasteiger partial charge on any atom is -0.266 e. The fraction of sp³-hybridized carbons (Fsp3) is 0.333. The molecule has 0 spiro atoms. The Labute approximate surface area is 68.2 Å². The molecule has 0 atom stereocenters. The lowest BCUT2D eigenvalue weighted by molar-refractivity contribution is -0.113. The van der Waals surface area contributed by atoms with Gasteiger partial charge >= 0.3 is 0 Å². The third-order valence-corrected chi connectivity index (χ3v) is 3.12. The molecule has 10 heavy (non-hydrogen) atoms.